The molecule has 2 aromatic rings. The van der Waals surface area contributed by atoms with Crippen LogP contribution in [0.1, 0.15) is 42.9 Å². The van der Waals surface area contributed by atoms with E-state index in [4.69, 9.17) is 0 Å². The van der Waals surface area contributed by atoms with Gasteiger partial charge in [0.25, 0.3) is 0 Å². The summed E-state index contributed by atoms with van der Waals surface area (Å²) in [4.78, 5) is 12.9. The zero-order valence-electron chi connectivity index (χ0n) is 15.4. The summed E-state index contributed by atoms with van der Waals surface area (Å²) < 4.78 is 14.1. The number of hydrogen-bond acceptors (Lipinski definition) is 3. The average molecular weight is 354 g/mol. The van der Waals surface area contributed by atoms with Gasteiger partial charge in [0.1, 0.15) is 12.1 Å². The van der Waals surface area contributed by atoms with Crippen LogP contribution in [0.15, 0.2) is 36.4 Å². The summed E-state index contributed by atoms with van der Waals surface area (Å²) >= 11 is 0. The Kier molecular flexibility index (Phi) is 6.26. The number of rotatable bonds is 8. The molecule has 1 N–H and O–H groups in total. The van der Waals surface area contributed by atoms with E-state index in [9.17, 15) is 9.18 Å². The van der Waals surface area contributed by atoms with Crippen LogP contribution in [-0.4, -0.2) is 19.4 Å². The van der Waals surface area contributed by atoms with Gasteiger partial charge in [-0.1, -0.05) is 25.1 Å². The van der Waals surface area contributed by atoms with Crippen molar-refractivity contribution in [2.24, 2.45) is 0 Å². The van der Waals surface area contributed by atoms with E-state index in [-0.39, 0.29) is 5.82 Å². The summed E-state index contributed by atoms with van der Waals surface area (Å²) in [5.41, 5.74) is 5.43. The maximum absolute atomic E-state index is 14.1. The van der Waals surface area contributed by atoms with Crippen LogP contribution in [0.5, 0.6) is 0 Å². The number of benzene rings is 2. The first-order valence-electron chi connectivity index (χ1n) is 9.54. The zero-order valence-corrected chi connectivity index (χ0v) is 15.4. The molecule has 0 spiro atoms. The van der Waals surface area contributed by atoms with Crippen LogP contribution in [0, 0.1) is 5.82 Å². The molecule has 0 unspecified atom stereocenters. The SMILES string of the molecule is CCCN1CCCc2c(CNc3ccc(CCC=O)c(F)c3)cccc21. The summed E-state index contributed by atoms with van der Waals surface area (Å²) in [6.07, 6.45) is 5.07. The summed E-state index contributed by atoms with van der Waals surface area (Å²) in [5, 5.41) is 3.35. The van der Waals surface area contributed by atoms with Gasteiger partial charge in [0.2, 0.25) is 0 Å². The van der Waals surface area contributed by atoms with E-state index >= 15 is 0 Å². The number of carbonyl (C=O) groups is 1. The fourth-order valence-electron chi connectivity index (χ4n) is 3.71. The molecule has 3 rings (SSSR count). The lowest BCUT2D eigenvalue weighted by atomic mass is 9.96. The normalized spacial score (nSPS) is 13.4. The molecule has 0 radical (unpaired) electrons. The minimum atomic E-state index is -0.249. The smallest absolute Gasteiger partial charge is 0.128 e. The molecule has 138 valence electrons. The minimum Gasteiger partial charge on any atom is -0.381 e. The van der Waals surface area contributed by atoms with Crippen molar-refractivity contribution < 1.29 is 9.18 Å². The maximum atomic E-state index is 14.1. The molecule has 0 saturated carbocycles. The Morgan fingerprint density at radius 1 is 1.23 bits per heavy atom. The number of nitrogens with one attached hydrogen (secondary N) is 1. The van der Waals surface area contributed by atoms with Gasteiger partial charge in [-0.15, -0.1) is 0 Å². The van der Waals surface area contributed by atoms with Gasteiger partial charge >= 0.3 is 0 Å². The Hall–Kier alpha value is -2.36. The van der Waals surface area contributed by atoms with Crippen molar-refractivity contribution in [2.45, 2.75) is 45.6 Å². The van der Waals surface area contributed by atoms with Gasteiger partial charge < -0.3 is 15.0 Å². The highest BCUT2D eigenvalue weighted by molar-refractivity contribution is 5.59. The second kappa shape index (κ2) is 8.84. The maximum Gasteiger partial charge on any atom is 0.128 e. The van der Waals surface area contributed by atoms with Gasteiger partial charge in [-0.3, -0.25) is 0 Å². The van der Waals surface area contributed by atoms with E-state index in [0.717, 1.165) is 37.9 Å². The van der Waals surface area contributed by atoms with Crippen molar-refractivity contribution in [3.63, 3.8) is 0 Å². The first-order valence-corrected chi connectivity index (χ1v) is 9.54. The molecule has 0 bridgehead atoms. The molecule has 0 fully saturated rings. The average Bonchev–Trinajstić information content (AvgIpc) is 2.66. The third kappa shape index (κ3) is 4.24. The Bertz CT molecular complexity index is 760. The van der Waals surface area contributed by atoms with Gasteiger partial charge in [-0.25, -0.2) is 4.39 Å². The van der Waals surface area contributed by atoms with Crippen LogP contribution in [0.4, 0.5) is 15.8 Å². The molecule has 26 heavy (non-hydrogen) atoms. The fraction of sp³-hybridized carbons (Fsp3) is 0.409. The lowest BCUT2D eigenvalue weighted by Crippen LogP contribution is -2.30. The molecule has 1 heterocycles. The van der Waals surface area contributed by atoms with Crippen molar-refractivity contribution in [3.8, 4) is 0 Å². The van der Waals surface area contributed by atoms with E-state index < -0.39 is 0 Å². The van der Waals surface area contributed by atoms with Crippen molar-refractivity contribution in [1.29, 1.82) is 0 Å². The molecule has 0 atom stereocenters. The number of anilines is 2. The molecule has 0 saturated heterocycles. The van der Waals surface area contributed by atoms with Crippen LogP contribution < -0.4 is 10.2 Å². The lowest BCUT2D eigenvalue weighted by molar-refractivity contribution is -0.107. The summed E-state index contributed by atoms with van der Waals surface area (Å²) in [6.45, 7) is 5.13. The first-order chi connectivity index (χ1) is 12.7. The molecular formula is C22H27FN2O. The first kappa shape index (κ1) is 18.4. The van der Waals surface area contributed by atoms with Crippen LogP contribution in [0.25, 0.3) is 0 Å². The van der Waals surface area contributed by atoms with E-state index in [1.54, 1.807) is 6.07 Å². The zero-order chi connectivity index (χ0) is 18.4. The highest BCUT2D eigenvalue weighted by Crippen LogP contribution is 2.30. The second-order valence-corrected chi connectivity index (χ2v) is 6.87. The van der Waals surface area contributed by atoms with E-state index in [1.165, 1.54) is 29.3 Å². The third-order valence-corrected chi connectivity index (χ3v) is 5.00. The number of carbonyl (C=O) groups excluding carboxylic acids is 1. The number of fused-ring (bicyclic) bond motifs is 1. The molecule has 0 amide bonds. The second-order valence-electron chi connectivity index (χ2n) is 6.87. The highest BCUT2D eigenvalue weighted by Gasteiger charge is 2.18. The van der Waals surface area contributed by atoms with Crippen LogP contribution in [-0.2, 0) is 24.2 Å². The highest BCUT2D eigenvalue weighted by atomic mass is 19.1. The number of nitrogens with zero attached hydrogens (tertiary/aromatic N) is 1. The summed E-state index contributed by atoms with van der Waals surface area (Å²) in [7, 11) is 0. The largest absolute Gasteiger partial charge is 0.381 e. The van der Waals surface area contributed by atoms with Crippen LogP contribution in [0.2, 0.25) is 0 Å². The van der Waals surface area contributed by atoms with Crippen molar-refractivity contribution >= 4 is 17.7 Å². The molecule has 3 nitrogen and oxygen atoms in total. The molecular weight excluding hydrogens is 327 g/mol. The molecule has 0 aliphatic carbocycles. The fourth-order valence-corrected chi connectivity index (χ4v) is 3.71. The van der Waals surface area contributed by atoms with Crippen molar-refractivity contribution in [3.05, 3.63) is 58.9 Å². The number of aryl methyl sites for hydroxylation is 1. The standard InChI is InChI=1S/C22H27FN2O/c1-2-12-25-13-4-8-20-18(6-3-9-22(20)25)16-24-19-11-10-17(7-5-14-26)21(23)15-19/h3,6,9-11,14-15,24H,2,4-5,7-8,12-13,16H2,1H3. The monoisotopic (exact) mass is 354 g/mol. The van der Waals surface area contributed by atoms with Gasteiger partial charge in [-0.2, -0.15) is 0 Å². The van der Waals surface area contributed by atoms with Crippen molar-refractivity contribution in [2.75, 3.05) is 23.3 Å². The quantitative estimate of drug-likeness (QED) is 0.696. The molecule has 4 heteroatoms. The van der Waals surface area contributed by atoms with Gasteiger partial charge in [0, 0.05) is 37.4 Å². The predicted octanol–water partition coefficient (Wildman–Crippen LogP) is 4.73. The van der Waals surface area contributed by atoms with E-state index in [2.05, 4.69) is 35.3 Å². The van der Waals surface area contributed by atoms with Crippen LogP contribution in [0.3, 0.4) is 0 Å². The van der Waals surface area contributed by atoms with Gasteiger partial charge in [0.15, 0.2) is 0 Å². The van der Waals surface area contributed by atoms with Gasteiger partial charge in [0.05, 0.1) is 0 Å². The van der Waals surface area contributed by atoms with E-state index in [0.29, 0.717) is 24.9 Å². The summed E-state index contributed by atoms with van der Waals surface area (Å²) in [6, 6.07) is 11.7. The Labute approximate surface area is 155 Å². The Morgan fingerprint density at radius 3 is 2.88 bits per heavy atom. The Morgan fingerprint density at radius 2 is 2.12 bits per heavy atom. The lowest BCUT2D eigenvalue weighted by Gasteiger charge is -2.32. The van der Waals surface area contributed by atoms with E-state index in [1.807, 2.05) is 6.07 Å². The molecule has 1 aliphatic rings. The summed E-state index contributed by atoms with van der Waals surface area (Å²) in [5.74, 6) is -0.249. The molecule has 0 aromatic heterocycles. The number of halogens is 1. The predicted molar refractivity (Wildman–Crippen MR) is 105 cm³/mol. The van der Waals surface area contributed by atoms with Gasteiger partial charge in [-0.05, 0) is 60.6 Å². The van der Waals surface area contributed by atoms with Crippen LogP contribution >= 0.6 is 0 Å². The number of aldehydes is 1. The molecule has 2 aromatic carbocycles. The van der Waals surface area contributed by atoms with Crippen molar-refractivity contribution in [1.82, 2.24) is 0 Å². The Balaban J connectivity index is 1.71. The molecule has 1 aliphatic heterocycles. The number of hydrogen-bond donors (Lipinski definition) is 1. The third-order valence-electron chi connectivity index (χ3n) is 5.00. The topological polar surface area (TPSA) is 32.3 Å². The minimum absolute atomic E-state index is 0.249.